The predicted octanol–water partition coefficient (Wildman–Crippen LogP) is 6.11. The molecule has 1 aromatic carbocycles. The van der Waals surface area contributed by atoms with Gasteiger partial charge in [-0.1, -0.05) is 30.7 Å². The molecule has 4 aliphatic carbocycles. The quantitative estimate of drug-likeness (QED) is 0.172. The van der Waals surface area contributed by atoms with Crippen LogP contribution in [0.1, 0.15) is 102 Å². The number of benzene rings is 1. The van der Waals surface area contributed by atoms with Crippen LogP contribution in [0.25, 0.3) is 11.3 Å². The van der Waals surface area contributed by atoms with E-state index < -0.39 is 40.0 Å². The number of hydrogen-bond acceptors (Lipinski definition) is 10. The monoisotopic (exact) mass is 759 g/mol. The van der Waals surface area contributed by atoms with Crippen LogP contribution >= 0.6 is 11.8 Å². The van der Waals surface area contributed by atoms with Gasteiger partial charge < -0.3 is 29.3 Å². The molecule has 0 spiro atoms. The van der Waals surface area contributed by atoms with Crippen molar-refractivity contribution in [3.8, 4) is 17.0 Å². The lowest BCUT2D eigenvalue weighted by Crippen LogP contribution is -2.70. The van der Waals surface area contributed by atoms with E-state index in [0.717, 1.165) is 38.5 Å². The summed E-state index contributed by atoms with van der Waals surface area (Å²) in [5.41, 5.74) is 2.54. The van der Waals surface area contributed by atoms with Gasteiger partial charge in [0, 0.05) is 28.6 Å². The van der Waals surface area contributed by atoms with E-state index in [0.29, 0.717) is 53.4 Å². The van der Waals surface area contributed by atoms with E-state index in [4.69, 9.17) is 14.0 Å². The third kappa shape index (κ3) is 5.87. The highest BCUT2D eigenvalue weighted by molar-refractivity contribution is 8.01. The molecule has 2 N–H and O–H groups in total. The van der Waals surface area contributed by atoms with Crippen LogP contribution in [0.15, 0.2) is 40.4 Å². The number of carboxylic acid groups (broad SMARTS) is 1. The van der Waals surface area contributed by atoms with Crippen LogP contribution in [0.3, 0.4) is 0 Å². The van der Waals surface area contributed by atoms with Gasteiger partial charge in [0.15, 0.2) is 0 Å². The van der Waals surface area contributed by atoms with Crippen LogP contribution in [0.4, 0.5) is 0 Å². The van der Waals surface area contributed by atoms with Gasteiger partial charge in [-0.15, -0.1) is 11.8 Å². The number of ether oxygens (including phenoxy) is 2. The van der Waals surface area contributed by atoms with Crippen LogP contribution in [0.2, 0.25) is 0 Å². The number of thioether (sulfide) groups is 1. The number of rotatable bonds is 9. The number of fused-ring (bicyclic) bond motifs is 6. The van der Waals surface area contributed by atoms with E-state index in [1.165, 1.54) is 22.2 Å². The van der Waals surface area contributed by atoms with Gasteiger partial charge in [0.05, 0.1) is 13.0 Å². The molecule has 8 rings (SSSR count). The summed E-state index contributed by atoms with van der Waals surface area (Å²) in [4.78, 5) is 65.0. The fourth-order valence-electron chi connectivity index (χ4n) is 11.0. The number of β-lactam (4-membered cyclic amide) rings is 1. The summed E-state index contributed by atoms with van der Waals surface area (Å²) in [6.45, 7) is 10.0. The Morgan fingerprint density at radius 3 is 2.56 bits per heavy atom. The van der Waals surface area contributed by atoms with E-state index in [2.05, 4.69) is 30.4 Å². The number of carbonyl (C=O) groups is 5. The number of carboxylic acids is 1. The molecule has 9 atom stereocenters. The smallest absolute Gasteiger partial charge is 0.327 e. The minimum Gasteiger partial charge on any atom is -0.493 e. The van der Waals surface area contributed by atoms with Crippen LogP contribution < -0.4 is 10.1 Å². The highest BCUT2D eigenvalue weighted by Crippen LogP contribution is 2.65. The summed E-state index contributed by atoms with van der Waals surface area (Å²) in [5, 5.41) is 16.1. The minimum absolute atomic E-state index is 0.0432. The van der Waals surface area contributed by atoms with Gasteiger partial charge in [-0.2, -0.15) is 0 Å². The molecule has 2 amide bonds. The van der Waals surface area contributed by atoms with Gasteiger partial charge >= 0.3 is 11.9 Å². The Hall–Kier alpha value is -4.13. The number of aryl methyl sites for hydroxylation is 1. The number of aliphatic carboxylic acids is 1. The molecule has 12 nitrogen and oxygen atoms in total. The van der Waals surface area contributed by atoms with E-state index in [1.54, 1.807) is 45.0 Å². The average Bonchev–Trinajstić information content (AvgIpc) is 3.76. The van der Waals surface area contributed by atoms with Gasteiger partial charge in [0.1, 0.15) is 52.1 Å². The number of Topliss-reactive ketones (excluding diaryl/α,β-unsaturated/α-hetero) is 1. The topological polar surface area (TPSA) is 165 Å². The molecule has 13 heteroatoms. The number of aromatic nitrogens is 1. The van der Waals surface area contributed by atoms with Crippen molar-refractivity contribution in [2.24, 2.45) is 28.6 Å². The summed E-state index contributed by atoms with van der Waals surface area (Å²) in [6, 6.07) is 5.12. The number of amides is 2. The van der Waals surface area contributed by atoms with Gasteiger partial charge in [-0.05, 0) is 107 Å². The number of nitrogens with zero attached hydrogens (tertiary/aromatic N) is 2. The third-order valence-corrected chi connectivity index (χ3v) is 15.4. The second-order valence-corrected chi connectivity index (χ2v) is 19.0. The first-order valence-electron chi connectivity index (χ1n) is 19.3. The van der Waals surface area contributed by atoms with Crippen molar-refractivity contribution in [2.45, 2.75) is 121 Å². The minimum atomic E-state index is -1.07. The van der Waals surface area contributed by atoms with Crippen LogP contribution in [-0.2, 0) is 23.9 Å². The highest BCUT2D eigenvalue weighted by atomic mass is 32.2. The standard InChI is InChI=1S/C41H49N3O9S/c1-21-31(35(47)42-33-36(48)44-34(38(49)50)39(2,3)54-37(33)44)32(43-53-21)22-6-9-25(10-7-22)51-19-16-30(46)52-29-13-12-27-26-11-8-23-20-24(45)14-17-40(23,4)28(26)15-18-41(27,29)5/h6-10,26-29,33-34,37H,11-20H2,1-5H3,(H,42,47)(H,49,50). The van der Waals surface area contributed by atoms with Crippen molar-refractivity contribution in [3.05, 3.63) is 47.2 Å². The number of esters is 1. The predicted molar refractivity (Wildman–Crippen MR) is 198 cm³/mol. The zero-order valence-electron chi connectivity index (χ0n) is 31.5. The van der Waals surface area contributed by atoms with Crippen LogP contribution in [0.5, 0.6) is 5.75 Å². The summed E-state index contributed by atoms with van der Waals surface area (Å²) in [7, 11) is 0. The molecule has 2 saturated heterocycles. The lowest BCUT2D eigenvalue weighted by molar-refractivity contribution is -0.160. The fourth-order valence-corrected chi connectivity index (χ4v) is 12.6. The van der Waals surface area contributed by atoms with Crippen molar-refractivity contribution >= 4 is 41.3 Å². The summed E-state index contributed by atoms with van der Waals surface area (Å²) in [6.07, 6.45) is 9.77. The molecule has 3 heterocycles. The molecule has 2 aliphatic heterocycles. The lowest BCUT2D eigenvalue weighted by atomic mass is 9.48. The Bertz CT molecular complexity index is 1940. The van der Waals surface area contributed by atoms with Crippen LogP contribution in [-0.4, -0.2) is 79.6 Å². The van der Waals surface area contributed by atoms with Gasteiger partial charge in [0.2, 0.25) is 5.91 Å². The highest BCUT2D eigenvalue weighted by Gasteiger charge is 2.64. The maximum absolute atomic E-state index is 13.5. The first kappa shape index (κ1) is 36.8. The Morgan fingerprint density at radius 2 is 1.81 bits per heavy atom. The van der Waals surface area contributed by atoms with Gasteiger partial charge in [-0.25, -0.2) is 4.79 Å². The lowest BCUT2D eigenvalue weighted by Gasteiger charge is -2.57. The second-order valence-electron chi connectivity index (χ2n) is 17.2. The first-order chi connectivity index (χ1) is 25.6. The van der Waals surface area contributed by atoms with Crippen molar-refractivity contribution in [3.63, 3.8) is 0 Å². The number of hydrogen-bond donors (Lipinski definition) is 2. The van der Waals surface area contributed by atoms with E-state index >= 15 is 0 Å². The van der Waals surface area contributed by atoms with Crippen molar-refractivity contribution in [2.75, 3.05) is 6.61 Å². The van der Waals surface area contributed by atoms with Crippen molar-refractivity contribution < 1.29 is 43.1 Å². The maximum Gasteiger partial charge on any atom is 0.327 e. The molecule has 3 saturated carbocycles. The largest absolute Gasteiger partial charge is 0.493 e. The number of carbonyl (C=O) groups excluding carboxylic acids is 4. The molecular formula is C41H49N3O9S. The third-order valence-electron chi connectivity index (χ3n) is 13.9. The van der Waals surface area contributed by atoms with E-state index in [9.17, 15) is 29.1 Å². The molecule has 0 radical (unpaired) electrons. The second kappa shape index (κ2) is 13.3. The van der Waals surface area contributed by atoms with E-state index in [-0.39, 0.29) is 47.3 Å². The number of nitrogens with one attached hydrogen (secondary N) is 1. The molecule has 6 aliphatic rings. The van der Waals surface area contributed by atoms with Crippen LogP contribution in [0, 0.1) is 35.5 Å². The van der Waals surface area contributed by atoms with Gasteiger partial charge in [-0.3, -0.25) is 19.2 Å². The zero-order chi connectivity index (χ0) is 38.3. The summed E-state index contributed by atoms with van der Waals surface area (Å²) >= 11 is 1.36. The number of ketones is 1. The molecule has 9 unspecified atom stereocenters. The van der Waals surface area contributed by atoms with Gasteiger partial charge in [0.25, 0.3) is 5.91 Å². The molecule has 1 aromatic heterocycles. The van der Waals surface area contributed by atoms with E-state index in [1.807, 2.05) is 0 Å². The SMILES string of the molecule is Cc1onc(-c2ccc(OCCC(=O)OC3CCC4C5CC=C6CC(=O)CCC6(C)C5CCC34C)cc2)c1C(=O)NC1C(=O)N2C1SC(C)(C)C2C(=O)O. The first-order valence-corrected chi connectivity index (χ1v) is 20.1. The summed E-state index contributed by atoms with van der Waals surface area (Å²) < 4.78 is 16.8. The Kier molecular flexibility index (Phi) is 9.05. The van der Waals surface area contributed by atoms with Crippen molar-refractivity contribution in [1.82, 2.24) is 15.4 Å². The van der Waals surface area contributed by atoms with Crippen molar-refractivity contribution in [1.29, 1.82) is 0 Å². The summed E-state index contributed by atoms with van der Waals surface area (Å²) in [5.74, 6) is 0.565. The molecular weight excluding hydrogens is 711 g/mol. The molecule has 2 aromatic rings. The normalized spacial score (nSPS) is 34.8. The molecule has 0 bridgehead atoms. The number of allylic oxidation sites excluding steroid dienone is 2. The molecule has 5 fully saturated rings. The Balaban J connectivity index is 0.844. The average molecular weight is 760 g/mol. The Morgan fingerprint density at radius 1 is 1.06 bits per heavy atom. The zero-order valence-corrected chi connectivity index (χ0v) is 32.3. The fraction of sp³-hybridized carbons (Fsp3) is 0.610. The molecule has 288 valence electrons. The maximum atomic E-state index is 13.5. The molecule has 54 heavy (non-hydrogen) atoms. The Labute approximate surface area is 319 Å².